The molecule has 7 nitrogen and oxygen atoms in total. The van der Waals surface area contributed by atoms with Crippen molar-refractivity contribution in [2.75, 3.05) is 41.2 Å². The quantitative estimate of drug-likeness (QED) is 0.503. The molecule has 3 saturated heterocycles. The van der Waals surface area contributed by atoms with E-state index in [4.69, 9.17) is 21.2 Å². The summed E-state index contributed by atoms with van der Waals surface area (Å²) in [5.74, 6) is -1.23. The minimum atomic E-state index is -0.880. The molecule has 9 heteroatoms. The lowest BCUT2D eigenvalue weighted by molar-refractivity contribution is -0.126. The summed E-state index contributed by atoms with van der Waals surface area (Å²) in [5.41, 5.74) is 2.36. The summed E-state index contributed by atoms with van der Waals surface area (Å²) in [6, 6.07) is 18.3. The number of morpholine rings is 1. The molecule has 0 N–H and O–H groups in total. The number of carbonyl (C=O) groups excluding carboxylic acids is 2. The first-order valence-corrected chi connectivity index (χ1v) is 12.4. The van der Waals surface area contributed by atoms with Gasteiger partial charge in [0.15, 0.2) is 6.10 Å². The van der Waals surface area contributed by atoms with Crippen molar-refractivity contribution in [2.24, 2.45) is 5.92 Å². The van der Waals surface area contributed by atoms with E-state index >= 15 is 0 Å². The molecule has 2 aromatic carbocycles. The maximum atomic E-state index is 13.7. The molecule has 2 amide bonds. The number of ether oxygens (including phenoxy) is 1. The van der Waals surface area contributed by atoms with E-state index in [2.05, 4.69) is 4.90 Å². The van der Waals surface area contributed by atoms with Crippen LogP contribution in [0.5, 0.6) is 0 Å². The van der Waals surface area contributed by atoms with Gasteiger partial charge in [-0.2, -0.15) is 0 Å². The lowest BCUT2D eigenvalue weighted by atomic mass is 9.95. The van der Waals surface area contributed by atoms with Gasteiger partial charge in [0.05, 0.1) is 24.6 Å². The van der Waals surface area contributed by atoms with Crippen LogP contribution in [-0.4, -0.2) is 44.2 Å². The average Bonchev–Trinajstić information content (AvgIpc) is 3.58. The molecule has 3 atom stereocenters. The van der Waals surface area contributed by atoms with Gasteiger partial charge in [-0.1, -0.05) is 17.7 Å². The fraction of sp³-hybridized carbons (Fsp3) is 0.280. The minimum absolute atomic E-state index is 0.246. The molecule has 6 rings (SSSR count). The summed E-state index contributed by atoms with van der Waals surface area (Å²) in [4.78, 5) is 37.8. The van der Waals surface area contributed by atoms with E-state index in [0.717, 1.165) is 29.3 Å². The molecule has 0 spiro atoms. The number of rotatable bonds is 4. The number of nitrogens with zero attached hydrogens (tertiary/aromatic N) is 3. The second kappa shape index (κ2) is 8.70. The number of hydrogen-bond acceptors (Lipinski definition) is 7. The predicted molar refractivity (Wildman–Crippen MR) is 131 cm³/mol. The number of anilines is 3. The molecule has 3 aromatic rings. The van der Waals surface area contributed by atoms with E-state index < -0.39 is 18.1 Å². The van der Waals surface area contributed by atoms with E-state index in [0.29, 0.717) is 23.9 Å². The Kier molecular flexibility index (Phi) is 5.53. The van der Waals surface area contributed by atoms with Gasteiger partial charge in [0, 0.05) is 28.7 Å². The van der Waals surface area contributed by atoms with Gasteiger partial charge in [-0.25, -0.2) is 9.96 Å². The lowest BCUT2D eigenvalue weighted by Crippen LogP contribution is -2.37. The third kappa shape index (κ3) is 3.58. The van der Waals surface area contributed by atoms with Crippen LogP contribution < -0.4 is 14.9 Å². The Balaban J connectivity index is 1.31. The molecule has 174 valence electrons. The van der Waals surface area contributed by atoms with Crippen molar-refractivity contribution in [3.63, 3.8) is 0 Å². The van der Waals surface area contributed by atoms with Crippen LogP contribution in [0.3, 0.4) is 0 Å². The van der Waals surface area contributed by atoms with Gasteiger partial charge in [0.2, 0.25) is 5.91 Å². The largest absolute Gasteiger partial charge is 0.378 e. The maximum absolute atomic E-state index is 13.7. The van der Waals surface area contributed by atoms with Crippen molar-refractivity contribution in [2.45, 2.75) is 12.1 Å². The Morgan fingerprint density at radius 1 is 0.853 bits per heavy atom. The minimum Gasteiger partial charge on any atom is -0.378 e. The Hall–Kier alpha value is -2.91. The highest BCUT2D eigenvalue weighted by Crippen LogP contribution is 2.48. The SMILES string of the molecule is O=C1[C@H]2[C@@H](ON(c3ccc(Cl)cc3)[C@H]2c2cccs2)C(=O)N1c1ccc(N2CCOCC2)cc1. The summed E-state index contributed by atoms with van der Waals surface area (Å²) in [6.45, 7) is 3.03. The Bertz CT molecular complexity index is 1200. The number of hydrogen-bond donors (Lipinski definition) is 0. The molecule has 3 aliphatic heterocycles. The molecule has 0 radical (unpaired) electrons. The van der Waals surface area contributed by atoms with Crippen LogP contribution in [0.1, 0.15) is 10.9 Å². The van der Waals surface area contributed by atoms with Crippen molar-refractivity contribution >= 4 is 51.8 Å². The number of carbonyl (C=O) groups is 2. The van der Waals surface area contributed by atoms with Crippen LogP contribution in [0, 0.1) is 5.92 Å². The standard InChI is InChI=1S/C25H22ClN3O4S/c26-16-3-5-19(6-4-16)29-22(20-2-1-15-34-20)21-23(33-29)25(31)28(24(21)30)18-9-7-17(8-10-18)27-11-13-32-14-12-27/h1-10,15,21-23H,11-14H2/t21-,22+,23-/m1/s1. The van der Waals surface area contributed by atoms with E-state index in [1.807, 2.05) is 53.9 Å². The Morgan fingerprint density at radius 3 is 2.21 bits per heavy atom. The highest BCUT2D eigenvalue weighted by molar-refractivity contribution is 7.10. The van der Waals surface area contributed by atoms with E-state index in [-0.39, 0.29) is 11.8 Å². The van der Waals surface area contributed by atoms with Crippen LogP contribution >= 0.6 is 22.9 Å². The van der Waals surface area contributed by atoms with Crippen molar-refractivity contribution in [3.8, 4) is 0 Å². The highest BCUT2D eigenvalue weighted by atomic mass is 35.5. The number of hydroxylamine groups is 1. The first-order chi connectivity index (χ1) is 16.6. The van der Waals surface area contributed by atoms with E-state index in [1.165, 1.54) is 4.90 Å². The number of amides is 2. The zero-order chi connectivity index (χ0) is 23.2. The molecule has 3 aliphatic rings. The van der Waals surface area contributed by atoms with Crippen LogP contribution in [0.4, 0.5) is 17.1 Å². The Labute approximate surface area is 206 Å². The van der Waals surface area contributed by atoms with Crippen LogP contribution in [0.2, 0.25) is 5.02 Å². The first-order valence-electron chi connectivity index (χ1n) is 11.2. The molecule has 1 aromatic heterocycles. The van der Waals surface area contributed by atoms with E-state index in [1.54, 1.807) is 28.5 Å². The highest BCUT2D eigenvalue weighted by Gasteiger charge is 2.60. The summed E-state index contributed by atoms with van der Waals surface area (Å²) < 4.78 is 5.42. The zero-order valence-electron chi connectivity index (χ0n) is 18.2. The molecule has 0 unspecified atom stereocenters. The molecular weight excluding hydrogens is 474 g/mol. The number of imide groups is 1. The van der Waals surface area contributed by atoms with Gasteiger partial charge in [-0.3, -0.25) is 14.4 Å². The van der Waals surface area contributed by atoms with Gasteiger partial charge in [-0.05, 0) is 60.0 Å². The van der Waals surface area contributed by atoms with Crippen molar-refractivity contribution in [3.05, 3.63) is 75.9 Å². The van der Waals surface area contributed by atoms with Crippen molar-refractivity contribution < 1.29 is 19.2 Å². The van der Waals surface area contributed by atoms with Crippen LogP contribution in [0.15, 0.2) is 66.0 Å². The summed E-state index contributed by atoms with van der Waals surface area (Å²) in [6.07, 6.45) is -0.880. The molecule has 0 saturated carbocycles. The first kappa shape index (κ1) is 21.6. The number of benzene rings is 2. The second-order valence-corrected chi connectivity index (χ2v) is 9.86. The third-order valence-electron chi connectivity index (χ3n) is 6.52. The summed E-state index contributed by atoms with van der Waals surface area (Å²) in [5, 5.41) is 4.26. The maximum Gasteiger partial charge on any atom is 0.266 e. The molecular formula is C25H22ClN3O4S. The van der Waals surface area contributed by atoms with E-state index in [9.17, 15) is 9.59 Å². The molecule has 3 fully saturated rings. The van der Waals surface area contributed by atoms with Gasteiger partial charge in [0.25, 0.3) is 5.91 Å². The van der Waals surface area contributed by atoms with Crippen molar-refractivity contribution in [1.29, 1.82) is 0 Å². The summed E-state index contributed by atoms with van der Waals surface area (Å²) in [7, 11) is 0. The predicted octanol–water partition coefficient (Wildman–Crippen LogP) is 4.29. The number of fused-ring (bicyclic) bond motifs is 1. The third-order valence-corrected chi connectivity index (χ3v) is 7.71. The average molecular weight is 496 g/mol. The topological polar surface area (TPSA) is 62.3 Å². The fourth-order valence-corrected chi connectivity index (χ4v) is 5.84. The number of halogens is 1. The van der Waals surface area contributed by atoms with Gasteiger partial charge >= 0.3 is 0 Å². The second-order valence-electron chi connectivity index (χ2n) is 8.44. The zero-order valence-corrected chi connectivity index (χ0v) is 19.7. The fourth-order valence-electron chi connectivity index (χ4n) is 4.86. The van der Waals surface area contributed by atoms with Crippen molar-refractivity contribution in [1.82, 2.24) is 0 Å². The Morgan fingerprint density at radius 2 is 1.53 bits per heavy atom. The molecule has 0 aliphatic carbocycles. The molecule has 0 bridgehead atoms. The summed E-state index contributed by atoms with van der Waals surface area (Å²) >= 11 is 7.61. The normalized spacial score (nSPS) is 24.7. The smallest absolute Gasteiger partial charge is 0.266 e. The molecule has 4 heterocycles. The molecule has 34 heavy (non-hydrogen) atoms. The van der Waals surface area contributed by atoms with Gasteiger partial charge in [-0.15, -0.1) is 11.3 Å². The van der Waals surface area contributed by atoms with Gasteiger partial charge in [0.1, 0.15) is 12.0 Å². The van der Waals surface area contributed by atoms with Gasteiger partial charge < -0.3 is 9.64 Å². The lowest BCUT2D eigenvalue weighted by Gasteiger charge is -2.29. The van der Waals surface area contributed by atoms with Crippen LogP contribution in [0.25, 0.3) is 0 Å². The van der Waals surface area contributed by atoms with Crippen LogP contribution in [-0.2, 0) is 19.2 Å². The monoisotopic (exact) mass is 495 g/mol. The number of thiophene rings is 1.